The van der Waals surface area contributed by atoms with Crippen LogP contribution in [0, 0.1) is 5.92 Å². The number of ether oxygens (including phenoxy) is 1. The lowest BCUT2D eigenvalue weighted by Gasteiger charge is -2.31. The predicted octanol–water partition coefficient (Wildman–Crippen LogP) is 2.60. The molecule has 0 unspecified atom stereocenters. The zero-order valence-corrected chi connectivity index (χ0v) is 17.4. The van der Waals surface area contributed by atoms with Crippen LogP contribution in [0.1, 0.15) is 24.1 Å². The molecular formula is C19H23ClN4O4S. The van der Waals surface area contributed by atoms with E-state index in [1.807, 2.05) is 30.3 Å². The first-order valence-electron chi connectivity index (χ1n) is 9.31. The second kappa shape index (κ2) is 10.00. The van der Waals surface area contributed by atoms with Gasteiger partial charge in [0.2, 0.25) is 10.0 Å². The number of amides is 1. The summed E-state index contributed by atoms with van der Waals surface area (Å²) in [5.74, 6) is -0.0272. The van der Waals surface area contributed by atoms with Gasteiger partial charge in [0, 0.05) is 25.5 Å². The van der Waals surface area contributed by atoms with Crippen molar-refractivity contribution in [3.05, 3.63) is 59.1 Å². The Balaban J connectivity index is 1.41. The number of hydrogen-bond donors (Lipinski definition) is 1. The molecule has 0 aliphatic carbocycles. The summed E-state index contributed by atoms with van der Waals surface area (Å²) in [6.45, 7) is 1.18. The molecule has 0 spiro atoms. The number of nitrogens with one attached hydrogen (secondary N) is 1. The largest absolute Gasteiger partial charge is 0.445 e. The van der Waals surface area contributed by atoms with Crippen molar-refractivity contribution in [3.63, 3.8) is 0 Å². The summed E-state index contributed by atoms with van der Waals surface area (Å²) in [5, 5.41) is 0.178. The number of halogens is 1. The number of benzene rings is 1. The highest BCUT2D eigenvalue weighted by atomic mass is 35.5. The van der Waals surface area contributed by atoms with Crippen LogP contribution in [0.2, 0.25) is 5.15 Å². The number of piperidine rings is 1. The molecule has 0 radical (unpaired) electrons. The highest BCUT2D eigenvalue weighted by Crippen LogP contribution is 2.20. The van der Waals surface area contributed by atoms with Gasteiger partial charge in [-0.25, -0.2) is 22.9 Å². The summed E-state index contributed by atoms with van der Waals surface area (Å²) in [5.41, 5.74) is 1.31. The highest BCUT2D eigenvalue weighted by molar-refractivity contribution is 7.89. The van der Waals surface area contributed by atoms with Gasteiger partial charge in [-0.1, -0.05) is 41.9 Å². The molecule has 0 saturated carbocycles. The summed E-state index contributed by atoms with van der Waals surface area (Å²) >= 11 is 5.90. The number of carbonyl (C=O) groups is 1. The maximum atomic E-state index is 12.4. The van der Waals surface area contributed by atoms with Crippen molar-refractivity contribution < 1.29 is 17.9 Å². The number of hydrogen-bond acceptors (Lipinski definition) is 6. The fourth-order valence-corrected chi connectivity index (χ4v) is 4.71. The Kier molecular flexibility index (Phi) is 7.40. The molecule has 1 aliphatic heterocycles. The van der Waals surface area contributed by atoms with E-state index in [1.165, 1.54) is 12.4 Å². The van der Waals surface area contributed by atoms with E-state index in [9.17, 15) is 13.2 Å². The molecule has 1 amide bonds. The molecule has 1 aromatic heterocycles. The summed E-state index contributed by atoms with van der Waals surface area (Å²) < 4.78 is 32.6. The van der Waals surface area contributed by atoms with E-state index in [0.717, 1.165) is 5.56 Å². The lowest BCUT2D eigenvalue weighted by molar-refractivity contribution is 0.0839. The lowest BCUT2D eigenvalue weighted by Crippen LogP contribution is -2.41. The third kappa shape index (κ3) is 6.66. The van der Waals surface area contributed by atoms with Crippen molar-refractivity contribution in [1.29, 1.82) is 0 Å². The molecule has 3 rings (SSSR count). The number of rotatable bonds is 7. The second-order valence-corrected chi connectivity index (χ2v) is 9.08. The quantitative estimate of drug-likeness (QED) is 0.712. The maximum Gasteiger partial charge on any atom is 0.410 e. The Hall–Kier alpha value is -2.23. The molecule has 2 aromatic rings. The molecule has 1 fully saturated rings. The molecular weight excluding hydrogens is 416 g/mol. The maximum absolute atomic E-state index is 12.4. The van der Waals surface area contributed by atoms with Gasteiger partial charge in [0.1, 0.15) is 6.61 Å². The predicted molar refractivity (Wildman–Crippen MR) is 109 cm³/mol. The highest BCUT2D eigenvalue weighted by Gasteiger charge is 2.27. The Labute approximate surface area is 175 Å². The van der Waals surface area contributed by atoms with E-state index in [-0.39, 0.29) is 36.1 Å². The topological polar surface area (TPSA) is 101 Å². The van der Waals surface area contributed by atoms with Crippen molar-refractivity contribution in [2.24, 2.45) is 5.92 Å². The monoisotopic (exact) mass is 438 g/mol. The minimum atomic E-state index is -3.49. The molecule has 10 heteroatoms. The van der Waals surface area contributed by atoms with Crippen LogP contribution in [-0.2, 0) is 27.9 Å². The summed E-state index contributed by atoms with van der Waals surface area (Å²) in [7, 11) is -3.49. The van der Waals surface area contributed by atoms with Gasteiger partial charge in [-0.2, -0.15) is 0 Å². The third-order valence-electron chi connectivity index (χ3n) is 4.72. The van der Waals surface area contributed by atoms with E-state index in [2.05, 4.69) is 14.7 Å². The Morgan fingerprint density at radius 1 is 1.17 bits per heavy atom. The molecule has 0 bridgehead atoms. The van der Waals surface area contributed by atoms with E-state index >= 15 is 0 Å². The van der Waals surface area contributed by atoms with Gasteiger partial charge < -0.3 is 9.64 Å². The smallest absolute Gasteiger partial charge is 0.410 e. The average Bonchev–Trinajstić information content (AvgIpc) is 2.72. The van der Waals surface area contributed by atoms with Crippen molar-refractivity contribution in [1.82, 2.24) is 19.6 Å². The fraction of sp³-hybridized carbons (Fsp3) is 0.421. The van der Waals surface area contributed by atoms with Crippen molar-refractivity contribution >= 4 is 27.7 Å². The summed E-state index contributed by atoms with van der Waals surface area (Å²) in [6, 6.07) is 9.47. The van der Waals surface area contributed by atoms with E-state index in [0.29, 0.717) is 31.6 Å². The van der Waals surface area contributed by atoms with Gasteiger partial charge in [-0.3, -0.25) is 4.98 Å². The van der Waals surface area contributed by atoms with Crippen LogP contribution in [0.25, 0.3) is 0 Å². The minimum absolute atomic E-state index is 0.000334. The molecule has 2 heterocycles. The van der Waals surface area contributed by atoms with E-state index in [4.69, 9.17) is 16.3 Å². The summed E-state index contributed by atoms with van der Waals surface area (Å²) in [6.07, 6.45) is 3.74. The lowest BCUT2D eigenvalue weighted by atomic mass is 9.99. The third-order valence-corrected chi connectivity index (χ3v) is 6.53. The minimum Gasteiger partial charge on any atom is -0.445 e. The fourth-order valence-electron chi connectivity index (χ4n) is 3.11. The number of likely N-dealkylation sites (tertiary alicyclic amines) is 1. The van der Waals surface area contributed by atoms with Crippen molar-refractivity contribution in [3.8, 4) is 0 Å². The Bertz CT molecular complexity index is 919. The number of aromatic nitrogens is 2. The first-order chi connectivity index (χ1) is 13.9. The normalized spacial score (nSPS) is 15.3. The van der Waals surface area contributed by atoms with Crippen LogP contribution in [0.5, 0.6) is 0 Å². The van der Waals surface area contributed by atoms with Crippen molar-refractivity contribution in [2.45, 2.75) is 26.0 Å². The van der Waals surface area contributed by atoms with Gasteiger partial charge in [0.05, 0.1) is 18.0 Å². The molecule has 1 N–H and O–H groups in total. The second-order valence-electron chi connectivity index (χ2n) is 6.87. The molecule has 156 valence electrons. The van der Waals surface area contributed by atoms with Crippen LogP contribution < -0.4 is 4.72 Å². The zero-order chi connectivity index (χ0) is 20.7. The van der Waals surface area contributed by atoms with Gasteiger partial charge in [-0.15, -0.1) is 0 Å². The van der Waals surface area contributed by atoms with Crippen LogP contribution in [0.3, 0.4) is 0 Å². The first-order valence-corrected chi connectivity index (χ1v) is 11.3. The Morgan fingerprint density at radius 3 is 2.55 bits per heavy atom. The first kappa shape index (κ1) is 21.5. The van der Waals surface area contributed by atoms with Crippen LogP contribution >= 0.6 is 11.6 Å². The molecule has 8 nitrogen and oxygen atoms in total. The Morgan fingerprint density at radius 2 is 1.86 bits per heavy atom. The van der Waals surface area contributed by atoms with Gasteiger partial charge in [0.15, 0.2) is 5.15 Å². The van der Waals surface area contributed by atoms with Crippen LogP contribution in [-0.4, -0.2) is 48.2 Å². The standard InChI is InChI=1S/C19H23ClN4O4S/c20-18-17(21-8-9-22-18)12-23-29(26,27)14-16-6-10-24(11-7-16)19(25)28-13-15-4-2-1-3-5-15/h1-5,8-9,16,23H,6-7,10-14H2. The van der Waals surface area contributed by atoms with Gasteiger partial charge in [-0.05, 0) is 24.3 Å². The molecule has 1 saturated heterocycles. The zero-order valence-electron chi connectivity index (χ0n) is 15.8. The molecule has 29 heavy (non-hydrogen) atoms. The molecule has 0 atom stereocenters. The van der Waals surface area contributed by atoms with Crippen LogP contribution in [0.4, 0.5) is 4.79 Å². The van der Waals surface area contributed by atoms with Gasteiger partial charge >= 0.3 is 6.09 Å². The van der Waals surface area contributed by atoms with E-state index in [1.54, 1.807) is 4.90 Å². The molecule has 1 aliphatic rings. The van der Waals surface area contributed by atoms with E-state index < -0.39 is 10.0 Å². The average molecular weight is 439 g/mol. The SMILES string of the molecule is O=C(OCc1ccccc1)N1CCC(CS(=O)(=O)NCc2nccnc2Cl)CC1. The van der Waals surface area contributed by atoms with Gasteiger partial charge in [0.25, 0.3) is 0 Å². The summed E-state index contributed by atoms with van der Waals surface area (Å²) in [4.78, 5) is 21.7. The van der Waals surface area contributed by atoms with Crippen molar-refractivity contribution in [2.75, 3.05) is 18.8 Å². The van der Waals surface area contributed by atoms with Crippen LogP contribution in [0.15, 0.2) is 42.7 Å². The number of carbonyl (C=O) groups excluding carboxylic acids is 1. The number of sulfonamides is 1. The molecule has 1 aromatic carbocycles. The number of nitrogens with zero attached hydrogens (tertiary/aromatic N) is 3.